The van der Waals surface area contributed by atoms with Gasteiger partial charge < -0.3 is 5.11 Å². The van der Waals surface area contributed by atoms with E-state index in [1.165, 1.54) is 5.56 Å². The van der Waals surface area contributed by atoms with E-state index in [1.54, 1.807) is 6.92 Å². The van der Waals surface area contributed by atoms with Gasteiger partial charge in [-0.15, -0.1) is 0 Å². The zero-order valence-corrected chi connectivity index (χ0v) is 12.0. The van der Waals surface area contributed by atoms with Crippen LogP contribution in [0.1, 0.15) is 32.7 Å². The van der Waals surface area contributed by atoms with E-state index in [9.17, 15) is 9.90 Å². The van der Waals surface area contributed by atoms with Crippen molar-refractivity contribution in [1.82, 2.24) is 9.88 Å². The SMILES string of the molecule is Cc1ncc2c(c1C(=O)O)CCN(Cc1ccccc1)C2. The van der Waals surface area contributed by atoms with Crippen LogP contribution in [-0.2, 0) is 19.5 Å². The summed E-state index contributed by atoms with van der Waals surface area (Å²) in [5, 5.41) is 9.37. The minimum absolute atomic E-state index is 0.395. The smallest absolute Gasteiger partial charge is 0.337 e. The molecule has 0 bridgehead atoms. The molecule has 4 heteroatoms. The number of carboxylic acid groups (broad SMARTS) is 1. The molecule has 1 N–H and O–H groups in total. The lowest BCUT2D eigenvalue weighted by Gasteiger charge is -2.29. The fraction of sp³-hybridized carbons (Fsp3) is 0.294. The average Bonchev–Trinajstić information content (AvgIpc) is 2.48. The molecule has 3 rings (SSSR count). The molecule has 0 atom stereocenters. The van der Waals surface area contributed by atoms with Crippen molar-refractivity contribution in [2.24, 2.45) is 0 Å². The number of hydrogen-bond acceptors (Lipinski definition) is 3. The van der Waals surface area contributed by atoms with Crippen molar-refractivity contribution < 1.29 is 9.90 Å². The summed E-state index contributed by atoms with van der Waals surface area (Å²) < 4.78 is 0. The number of fused-ring (bicyclic) bond motifs is 1. The van der Waals surface area contributed by atoms with Gasteiger partial charge in [-0.1, -0.05) is 30.3 Å². The molecule has 0 spiro atoms. The lowest BCUT2D eigenvalue weighted by Crippen LogP contribution is -2.31. The first-order valence-corrected chi connectivity index (χ1v) is 7.12. The quantitative estimate of drug-likeness (QED) is 0.940. The van der Waals surface area contributed by atoms with Crippen LogP contribution in [0.3, 0.4) is 0 Å². The lowest BCUT2D eigenvalue weighted by atomic mass is 9.95. The molecule has 21 heavy (non-hydrogen) atoms. The molecule has 0 fully saturated rings. The van der Waals surface area contributed by atoms with Crippen LogP contribution in [-0.4, -0.2) is 27.5 Å². The number of aryl methyl sites for hydroxylation is 1. The van der Waals surface area contributed by atoms with Crippen LogP contribution >= 0.6 is 0 Å². The van der Waals surface area contributed by atoms with Gasteiger partial charge in [-0.05, 0) is 30.0 Å². The van der Waals surface area contributed by atoms with E-state index in [0.717, 1.165) is 37.2 Å². The van der Waals surface area contributed by atoms with Gasteiger partial charge >= 0.3 is 5.97 Å². The third-order valence-electron chi connectivity index (χ3n) is 4.00. The van der Waals surface area contributed by atoms with Crippen molar-refractivity contribution in [2.75, 3.05) is 6.54 Å². The third-order valence-corrected chi connectivity index (χ3v) is 4.00. The topological polar surface area (TPSA) is 53.4 Å². The Balaban J connectivity index is 1.83. The second kappa shape index (κ2) is 5.66. The second-order valence-corrected chi connectivity index (χ2v) is 5.47. The Morgan fingerprint density at radius 1 is 1.33 bits per heavy atom. The van der Waals surface area contributed by atoms with Crippen molar-refractivity contribution >= 4 is 5.97 Å². The summed E-state index contributed by atoms with van der Waals surface area (Å²) in [7, 11) is 0. The molecule has 1 aromatic heterocycles. The first-order chi connectivity index (χ1) is 10.1. The van der Waals surface area contributed by atoms with Crippen LogP contribution in [0.25, 0.3) is 0 Å². The van der Waals surface area contributed by atoms with Gasteiger partial charge in [0.25, 0.3) is 0 Å². The number of carbonyl (C=O) groups is 1. The monoisotopic (exact) mass is 282 g/mol. The Hall–Kier alpha value is -2.20. The minimum Gasteiger partial charge on any atom is -0.478 e. The molecule has 1 aromatic carbocycles. The first-order valence-electron chi connectivity index (χ1n) is 7.12. The molecule has 0 radical (unpaired) electrons. The van der Waals surface area contributed by atoms with E-state index in [0.29, 0.717) is 11.3 Å². The highest BCUT2D eigenvalue weighted by molar-refractivity contribution is 5.91. The van der Waals surface area contributed by atoms with Crippen LogP contribution in [0.4, 0.5) is 0 Å². The molecular formula is C17H18N2O2. The molecule has 0 aliphatic carbocycles. The molecule has 2 heterocycles. The number of aromatic carboxylic acids is 1. The Bertz CT molecular complexity index is 668. The second-order valence-electron chi connectivity index (χ2n) is 5.47. The largest absolute Gasteiger partial charge is 0.478 e. The van der Waals surface area contributed by atoms with E-state index in [2.05, 4.69) is 22.0 Å². The van der Waals surface area contributed by atoms with Gasteiger partial charge in [0.2, 0.25) is 0 Å². The highest BCUT2D eigenvalue weighted by Gasteiger charge is 2.23. The van der Waals surface area contributed by atoms with E-state index in [1.807, 2.05) is 24.4 Å². The maximum atomic E-state index is 11.4. The predicted molar refractivity (Wildman–Crippen MR) is 80.2 cm³/mol. The van der Waals surface area contributed by atoms with E-state index in [4.69, 9.17) is 0 Å². The Kier molecular flexibility index (Phi) is 3.71. The molecule has 2 aromatic rings. The highest BCUT2D eigenvalue weighted by atomic mass is 16.4. The van der Waals surface area contributed by atoms with Gasteiger partial charge in [0.15, 0.2) is 0 Å². The Morgan fingerprint density at radius 2 is 2.10 bits per heavy atom. The summed E-state index contributed by atoms with van der Waals surface area (Å²) >= 11 is 0. The fourth-order valence-corrected chi connectivity index (χ4v) is 2.97. The van der Waals surface area contributed by atoms with E-state index >= 15 is 0 Å². The van der Waals surface area contributed by atoms with Gasteiger partial charge in [0, 0.05) is 25.8 Å². The van der Waals surface area contributed by atoms with Gasteiger partial charge in [0.05, 0.1) is 11.3 Å². The third kappa shape index (κ3) is 2.81. The van der Waals surface area contributed by atoms with E-state index < -0.39 is 5.97 Å². The Labute approximate surface area is 124 Å². The Morgan fingerprint density at radius 3 is 2.81 bits per heavy atom. The molecular weight excluding hydrogens is 264 g/mol. The lowest BCUT2D eigenvalue weighted by molar-refractivity contribution is 0.0693. The highest BCUT2D eigenvalue weighted by Crippen LogP contribution is 2.24. The number of carboxylic acids is 1. The summed E-state index contributed by atoms with van der Waals surface area (Å²) in [4.78, 5) is 18.0. The van der Waals surface area contributed by atoms with Gasteiger partial charge in [-0.25, -0.2) is 4.79 Å². The fourth-order valence-electron chi connectivity index (χ4n) is 2.97. The summed E-state index contributed by atoms with van der Waals surface area (Å²) in [5.74, 6) is -0.867. The number of aromatic nitrogens is 1. The molecule has 0 amide bonds. The van der Waals surface area contributed by atoms with Gasteiger partial charge in [-0.3, -0.25) is 9.88 Å². The van der Waals surface area contributed by atoms with Gasteiger partial charge in [0.1, 0.15) is 0 Å². The summed E-state index contributed by atoms with van der Waals surface area (Å²) in [5.41, 5.74) is 4.28. The van der Waals surface area contributed by atoms with Crippen LogP contribution < -0.4 is 0 Å². The maximum Gasteiger partial charge on any atom is 0.337 e. The number of benzene rings is 1. The molecule has 4 nitrogen and oxygen atoms in total. The summed E-state index contributed by atoms with van der Waals surface area (Å²) in [6, 6.07) is 10.3. The van der Waals surface area contributed by atoms with Crippen LogP contribution in [0.2, 0.25) is 0 Å². The molecule has 0 saturated carbocycles. The predicted octanol–water partition coefficient (Wildman–Crippen LogP) is 2.65. The van der Waals surface area contributed by atoms with Crippen molar-refractivity contribution in [1.29, 1.82) is 0 Å². The molecule has 0 unspecified atom stereocenters. The number of nitrogens with zero attached hydrogens (tertiary/aromatic N) is 2. The molecule has 1 aliphatic rings. The molecule has 108 valence electrons. The average molecular weight is 282 g/mol. The maximum absolute atomic E-state index is 11.4. The minimum atomic E-state index is -0.867. The number of rotatable bonds is 3. The van der Waals surface area contributed by atoms with Crippen molar-refractivity contribution in [3.8, 4) is 0 Å². The zero-order chi connectivity index (χ0) is 14.8. The first kappa shape index (κ1) is 13.8. The number of hydrogen-bond donors (Lipinski definition) is 1. The summed E-state index contributed by atoms with van der Waals surface area (Å²) in [6.45, 7) is 4.29. The van der Waals surface area contributed by atoms with Crippen molar-refractivity contribution in [3.63, 3.8) is 0 Å². The number of pyridine rings is 1. The molecule has 1 aliphatic heterocycles. The van der Waals surface area contributed by atoms with E-state index in [-0.39, 0.29) is 0 Å². The van der Waals surface area contributed by atoms with Crippen LogP contribution in [0, 0.1) is 6.92 Å². The van der Waals surface area contributed by atoms with Crippen LogP contribution in [0.5, 0.6) is 0 Å². The van der Waals surface area contributed by atoms with Gasteiger partial charge in [-0.2, -0.15) is 0 Å². The standard InChI is InChI=1S/C17H18N2O2/c1-12-16(17(20)21)15-7-8-19(11-14(15)9-18-12)10-13-5-3-2-4-6-13/h2-6,9H,7-8,10-11H2,1H3,(H,20,21). The van der Waals surface area contributed by atoms with Crippen molar-refractivity contribution in [2.45, 2.75) is 26.4 Å². The molecule has 0 saturated heterocycles. The summed E-state index contributed by atoms with van der Waals surface area (Å²) in [6.07, 6.45) is 2.60. The zero-order valence-electron chi connectivity index (χ0n) is 12.0. The van der Waals surface area contributed by atoms with Crippen LogP contribution in [0.15, 0.2) is 36.5 Å². The van der Waals surface area contributed by atoms with Crippen molar-refractivity contribution in [3.05, 3.63) is 64.5 Å². The normalized spacial score (nSPS) is 14.7.